The standard InChI is InChI=1S/C18H28N2O4S/c1-14(2)20(3)25(22,23)17-7-4-6-16(12-17)18(21)19-10-5-11-24-13-15-8-9-15/h4,6-7,12,14-15H,5,8-11,13H2,1-3H3,(H,19,21). The second-order valence-corrected chi connectivity index (χ2v) is 8.77. The highest BCUT2D eigenvalue weighted by molar-refractivity contribution is 7.89. The molecule has 140 valence electrons. The van der Waals surface area contributed by atoms with E-state index in [9.17, 15) is 13.2 Å². The second kappa shape index (κ2) is 8.78. The number of benzene rings is 1. The number of nitrogens with one attached hydrogen (secondary N) is 1. The van der Waals surface area contributed by atoms with Crippen LogP contribution in [0.5, 0.6) is 0 Å². The average molecular weight is 368 g/mol. The maximum absolute atomic E-state index is 12.5. The first kappa shape index (κ1) is 19.9. The van der Waals surface area contributed by atoms with Crippen molar-refractivity contribution in [1.82, 2.24) is 9.62 Å². The largest absolute Gasteiger partial charge is 0.381 e. The Labute approximate surface area is 150 Å². The molecule has 0 heterocycles. The summed E-state index contributed by atoms with van der Waals surface area (Å²) >= 11 is 0. The number of carbonyl (C=O) groups excluding carboxylic acids is 1. The van der Waals surface area contributed by atoms with Gasteiger partial charge in [-0.25, -0.2) is 8.42 Å². The number of nitrogens with zero attached hydrogens (tertiary/aromatic N) is 1. The van der Waals surface area contributed by atoms with Crippen molar-refractivity contribution < 1.29 is 17.9 Å². The lowest BCUT2D eigenvalue weighted by Crippen LogP contribution is -2.33. The fourth-order valence-corrected chi connectivity index (χ4v) is 3.67. The van der Waals surface area contributed by atoms with Crippen LogP contribution < -0.4 is 5.32 Å². The summed E-state index contributed by atoms with van der Waals surface area (Å²) in [6, 6.07) is 5.99. The number of ether oxygens (including phenoxy) is 1. The Hall–Kier alpha value is -1.44. The van der Waals surface area contributed by atoms with Crippen molar-refractivity contribution in [3.05, 3.63) is 29.8 Å². The Bertz CT molecular complexity index is 684. The van der Waals surface area contributed by atoms with E-state index >= 15 is 0 Å². The summed E-state index contributed by atoms with van der Waals surface area (Å²) < 4.78 is 31.9. The van der Waals surface area contributed by atoms with Crippen molar-refractivity contribution in [2.75, 3.05) is 26.8 Å². The van der Waals surface area contributed by atoms with E-state index in [-0.39, 0.29) is 16.8 Å². The molecule has 1 N–H and O–H groups in total. The van der Waals surface area contributed by atoms with E-state index in [0.717, 1.165) is 18.9 Å². The third kappa shape index (κ3) is 5.80. The lowest BCUT2D eigenvalue weighted by atomic mass is 10.2. The number of sulfonamides is 1. The van der Waals surface area contributed by atoms with Gasteiger partial charge in [-0.3, -0.25) is 4.79 Å². The number of hydrogen-bond acceptors (Lipinski definition) is 4. The maximum Gasteiger partial charge on any atom is 0.251 e. The van der Waals surface area contributed by atoms with Crippen LogP contribution in [0.25, 0.3) is 0 Å². The van der Waals surface area contributed by atoms with Crippen LogP contribution >= 0.6 is 0 Å². The van der Waals surface area contributed by atoms with E-state index in [1.807, 2.05) is 0 Å². The highest BCUT2D eigenvalue weighted by Crippen LogP contribution is 2.28. The van der Waals surface area contributed by atoms with E-state index in [1.165, 1.54) is 36.3 Å². The van der Waals surface area contributed by atoms with Crippen LogP contribution in [0.15, 0.2) is 29.2 Å². The Morgan fingerprint density at radius 1 is 1.36 bits per heavy atom. The molecule has 2 rings (SSSR count). The van der Waals surface area contributed by atoms with Crippen molar-refractivity contribution in [3.8, 4) is 0 Å². The van der Waals surface area contributed by atoms with Crippen LogP contribution in [-0.4, -0.2) is 51.5 Å². The smallest absolute Gasteiger partial charge is 0.251 e. The molecule has 6 nitrogen and oxygen atoms in total. The number of hydrogen-bond donors (Lipinski definition) is 1. The van der Waals surface area contributed by atoms with Crippen LogP contribution in [0.2, 0.25) is 0 Å². The summed E-state index contributed by atoms with van der Waals surface area (Å²) in [6.45, 7) is 5.56. The van der Waals surface area contributed by atoms with Crippen molar-refractivity contribution in [2.45, 2.75) is 44.0 Å². The average Bonchev–Trinajstić information content (AvgIpc) is 3.41. The molecule has 0 bridgehead atoms. The molecule has 0 aliphatic heterocycles. The van der Waals surface area contributed by atoms with Crippen molar-refractivity contribution >= 4 is 15.9 Å². The predicted molar refractivity (Wildman–Crippen MR) is 97.0 cm³/mol. The van der Waals surface area contributed by atoms with E-state index in [1.54, 1.807) is 26.0 Å². The Kier molecular flexibility index (Phi) is 6.98. The minimum atomic E-state index is -3.60. The molecular weight excluding hydrogens is 340 g/mol. The fourth-order valence-electron chi connectivity index (χ4n) is 2.25. The highest BCUT2D eigenvalue weighted by atomic mass is 32.2. The molecule has 0 saturated heterocycles. The zero-order chi connectivity index (χ0) is 18.4. The van der Waals surface area contributed by atoms with Crippen molar-refractivity contribution in [3.63, 3.8) is 0 Å². The quantitative estimate of drug-likeness (QED) is 0.643. The lowest BCUT2D eigenvalue weighted by molar-refractivity contribution is 0.0937. The molecule has 1 aromatic carbocycles. The zero-order valence-corrected chi connectivity index (χ0v) is 16.0. The first-order valence-electron chi connectivity index (χ1n) is 8.76. The summed E-state index contributed by atoms with van der Waals surface area (Å²) in [5, 5.41) is 2.81. The molecule has 0 aromatic heterocycles. The van der Waals surface area contributed by atoms with Gasteiger partial charge in [-0.05, 0) is 57.2 Å². The SMILES string of the molecule is CC(C)N(C)S(=O)(=O)c1cccc(C(=O)NCCCOCC2CC2)c1. The van der Waals surface area contributed by atoms with Crippen LogP contribution in [0.1, 0.15) is 43.5 Å². The van der Waals surface area contributed by atoms with Gasteiger partial charge in [0.1, 0.15) is 0 Å². The molecule has 7 heteroatoms. The van der Waals surface area contributed by atoms with Gasteiger partial charge in [-0.1, -0.05) is 6.07 Å². The van der Waals surface area contributed by atoms with E-state index in [0.29, 0.717) is 18.7 Å². The normalized spacial score (nSPS) is 14.9. The topological polar surface area (TPSA) is 75.7 Å². The van der Waals surface area contributed by atoms with Crippen LogP contribution in [0.4, 0.5) is 0 Å². The van der Waals surface area contributed by atoms with Gasteiger partial charge in [0.25, 0.3) is 5.91 Å². The first-order chi connectivity index (χ1) is 11.8. The molecular formula is C18H28N2O4S. The van der Waals surface area contributed by atoms with Gasteiger partial charge >= 0.3 is 0 Å². The number of carbonyl (C=O) groups is 1. The van der Waals surface area contributed by atoms with Gasteiger partial charge < -0.3 is 10.1 Å². The molecule has 0 unspecified atom stereocenters. The van der Waals surface area contributed by atoms with Crippen LogP contribution in [-0.2, 0) is 14.8 Å². The molecule has 0 atom stereocenters. The third-order valence-corrected chi connectivity index (χ3v) is 6.33. The number of rotatable bonds is 10. The van der Waals surface area contributed by atoms with Crippen molar-refractivity contribution in [1.29, 1.82) is 0 Å². The molecule has 25 heavy (non-hydrogen) atoms. The van der Waals surface area contributed by atoms with Crippen LogP contribution in [0, 0.1) is 5.92 Å². The van der Waals surface area contributed by atoms with Gasteiger partial charge in [0, 0.05) is 38.4 Å². The Morgan fingerprint density at radius 2 is 2.08 bits per heavy atom. The molecule has 1 aliphatic rings. The van der Waals surface area contributed by atoms with Gasteiger partial charge in [-0.15, -0.1) is 0 Å². The fraction of sp³-hybridized carbons (Fsp3) is 0.611. The predicted octanol–water partition coefficient (Wildman–Crippen LogP) is 2.26. The third-order valence-electron chi connectivity index (χ3n) is 4.30. The number of amides is 1. The van der Waals surface area contributed by atoms with E-state index in [4.69, 9.17) is 4.74 Å². The molecule has 1 aliphatic carbocycles. The zero-order valence-electron chi connectivity index (χ0n) is 15.2. The molecule has 1 fully saturated rings. The molecule has 1 saturated carbocycles. The Morgan fingerprint density at radius 3 is 2.72 bits per heavy atom. The minimum absolute atomic E-state index is 0.129. The Balaban J connectivity index is 1.87. The first-order valence-corrected chi connectivity index (χ1v) is 10.2. The summed E-state index contributed by atoms with van der Waals surface area (Å²) in [5.74, 6) is 0.467. The second-order valence-electron chi connectivity index (χ2n) is 6.77. The highest BCUT2D eigenvalue weighted by Gasteiger charge is 2.24. The van der Waals surface area contributed by atoms with Crippen molar-refractivity contribution in [2.24, 2.45) is 5.92 Å². The molecule has 0 spiro atoms. The van der Waals surface area contributed by atoms with Gasteiger partial charge in [0.05, 0.1) is 4.90 Å². The summed E-state index contributed by atoms with van der Waals surface area (Å²) in [4.78, 5) is 12.3. The molecule has 1 amide bonds. The van der Waals surface area contributed by atoms with Gasteiger partial charge in [0.15, 0.2) is 0 Å². The van der Waals surface area contributed by atoms with E-state index < -0.39 is 10.0 Å². The van der Waals surface area contributed by atoms with Gasteiger partial charge in [0.2, 0.25) is 10.0 Å². The minimum Gasteiger partial charge on any atom is -0.381 e. The van der Waals surface area contributed by atoms with E-state index in [2.05, 4.69) is 5.32 Å². The summed E-state index contributed by atoms with van der Waals surface area (Å²) in [7, 11) is -2.06. The summed E-state index contributed by atoms with van der Waals surface area (Å²) in [5.41, 5.74) is 0.345. The van der Waals surface area contributed by atoms with Gasteiger partial charge in [-0.2, -0.15) is 4.31 Å². The van der Waals surface area contributed by atoms with Crippen LogP contribution in [0.3, 0.4) is 0 Å². The molecule has 1 aromatic rings. The summed E-state index contributed by atoms with van der Waals surface area (Å²) in [6.07, 6.45) is 3.27. The monoisotopic (exact) mass is 368 g/mol. The maximum atomic E-state index is 12.5. The lowest BCUT2D eigenvalue weighted by Gasteiger charge is -2.21. The molecule has 0 radical (unpaired) electrons.